The Morgan fingerprint density at radius 2 is 1.85 bits per heavy atom. The fourth-order valence-electron chi connectivity index (χ4n) is 4.12. The number of nitrogens with zero attached hydrogens (tertiary/aromatic N) is 7. The smallest absolute Gasteiger partial charge is 0.159 e. The maximum atomic E-state index is 9.16. The molecule has 1 aliphatic carbocycles. The average molecular weight is 439 g/mol. The van der Waals surface area contributed by atoms with Crippen molar-refractivity contribution in [1.82, 2.24) is 29.5 Å². The summed E-state index contributed by atoms with van der Waals surface area (Å²) in [5.74, 6) is 2.94. The Morgan fingerprint density at radius 3 is 2.52 bits per heavy atom. The zero-order valence-electron chi connectivity index (χ0n) is 19.1. The van der Waals surface area contributed by atoms with Crippen molar-refractivity contribution in [2.45, 2.75) is 46.6 Å². The van der Waals surface area contributed by atoms with E-state index in [0.717, 1.165) is 52.9 Å². The SMILES string of the molecule is Cc1cc(C)n(-c2cc(Nc3nn(CCC4CC4)c(-c4ccc(C#N)cc4)c3C)ncn2)n1. The van der Waals surface area contributed by atoms with Gasteiger partial charge in [-0.25, -0.2) is 14.6 Å². The Balaban J connectivity index is 1.48. The first kappa shape index (κ1) is 20.9. The largest absolute Gasteiger partial charge is 0.323 e. The summed E-state index contributed by atoms with van der Waals surface area (Å²) in [6.45, 7) is 6.90. The van der Waals surface area contributed by atoms with E-state index in [9.17, 15) is 0 Å². The van der Waals surface area contributed by atoms with Crippen molar-refractivity contribution in [3.8, 4) is 23.1 Å². The van der Waals surface area contributed by atoms with Gasteiger partial charge in [-0.2, -0.15) is 15.5 Å². The van der Waals surface area contributed by atoms with Crippen molar-refractivity contribution in [1.29, 1.82) is 5.26 Å². The molecule has 0 bridgehead atoms. The van der Waals surface area contributed by atoms with Gasteiger partial charge in [0.05, 0.1) is 23.0 Å². The molecule has 1 aromatic carbocycles. The molecule has 3 heterocycles. The first-order valence-corrected chi connectivity index (χ1v) is 11.2. The van der Waals surface area contributed by atoms with Crippen LogP contribution in [0.4, 0.5) is 11.6 Å². The van der Waals surface area contributed by atoms with Crippen LogP contribution in [0.1, 0.15) is 41.8 Å². The Kier molecular flexibility index (Phi) is 5.38. The Hall–Kier alpha value is -3.99. The molecule has 8 nitrogen and oxygen atoms in total. The number of benzene rings is 1. The topological polar surface area (TPSA) is 97.2 Å². The third-order valence-electron chi connectivity index (χ3n) is 6.05. The summed E-state index contributed by atoms with van der Waals surface area (Å²) in [6, 6.07) is 13.8. The van der Waals surface area contributed by atoms with Gasteiger partial charge in [0.2, 0.25) is 0 Å². The van der Waals surface area contributed by atoms with Crippen molar-refractivity contribution in [3.63, 3.8) is 0 Å². The molecular weight excluding hydrogens is 412 g/mol. The highest BCUT2D eigenvalue weighted by Gasteiger charge is 2.23. The minimum absolute atomic E-state index is 0.650. The monoisotopic (exact) mass is 438 g/mol. The highest BCUT2D eigenvalue weighted by Crippen LogP contribution is 2.35. The Bertz CT molecular complexity index is 1340. The summed E-state index contributed by atoms with van der Waals surface area (Å²) < 4.78 is 3.89. The van der Waals surface area contributed by atoms with E-state index in [-0.39, 0.29) is 0 Å². The molecule has 0 amide bonds. The second kappa shape index (κ2) is 8.51. The number of nitriles is 1. The molecule has 4 aromatic rings. The molecule has 0 radical (unpaired) electrons. The van der Waals surface area contributed by atoms with Gasteiger partial charge in [0.1, 0.15) is 12.1 Å². The molecule has 0 atom stereocenters. The van der Waals surface area contributed by atoms with Crippen LogP contribution in [0, 0.1) is 38.0 Å². The number of hydrogen-bond acceptors (Lipinski definition) is 6. The minimum Gasteiger partial charge on any atom is -0.323 e. The van der Waals surface area contributed by atoms with Crippen LogP contribution in [0.2, 0.25) is 0 Å². The number of nitrogens with one attached hydrogen (secondary N) is 1. The Morgan fingerprint density at radius 1 is 1.06 bits per heavy atom. The van der Waals surface area contributed by atoms with Gasteiger partial charge < -0.3 is 5.32 Å². The van der Waals surface area contributed by atoms with Gasteiger partial charge in [-0.15, -0.1) is 0 Å². The van der Waals surface area contributed by atoms with Crippen LogP contribution < -0.4 is 5.32 Å². The Labute approximate surface area is 192 Å². The first-order chi connectivity index (χ1) is 16.0. The van der Waals surface area contributed by atoms with Crippen LogP contribution in [0.25, 0.3) is 17.1 Å². The lowest BCUT2D eigenvalue weighted by Crippen LogP contribution is -2.05. The van der Waals surface area contributed by atoms with Crippen LogP contribution in [-0.2, 0) is 6.54 Å². The van der Waals surface area contributed by atoms with Gasteiger partial charge in [0.15, 0.2) is 11.6 Å². The highest BCUT2D eigenvalue weighted by atomic mass is 15.3. The molecule has 0 aliphatic heterocycles. The normalized spacial score (nSPS) is 13.2. The minimum atomic E-state index is 0.650. The molecule has 33 heavy (non-hydrogen) atoms. The molecule has 1 aliphatic rings. The number of anilines is 2. The maximum Gasteiger partial charge on any atom is 0.159 e. The zero-order valence-corrected chi connectivity index (χ0v) is 19.1. The van der Waals surface area contributed by atoms with Gasteiger partial charge in [-0.05, 0) is 51.3 Å². The summed E-state index contributed by atoms with van der Waals surface area (Å²) in [7, 11) is 0. The van der Waals surface area contributed by atoms with E-state index < -0.39 is 0 Å². The van der Waals surface area contributed by atoms with E-state index in [2.05, 4.69) is 38.1 Å². The van der Waals surface area contributed by atoms with Crippen molar-refractivity contribution >= 4 is 11.6 Å². The molecule has 3 aromatic heterocycles. The zero-order chi connectivity index (χ0) is 22.9. The van der Waals surface area contributed by atoms with Gasteiger partial charge >= 0.3 is 0 Å². The van der Waals surface area contributed by atoms with E-state index in [1.165, 1.54) is 19.2 Å². The molecule has 0 spiro atoms. The van der Waals surface area contributed by atoms with Gasteiger partial charge in [-0.1, -0.05) is 25.0 Å². The number of aryl methyl sites for hydroxylation is 3. The van der Waals surface area contributed by atoms with Gasteiger partial charge in [-0.3, -0.25) is 4.68 Å². The lowest BCUT2D eigenvalue weighted by Gasteiger charge is -2.08. The van der Waals surface area contributed by atoms with Crippen LogP contribution in [0.5, 0.6) is 0 Å². The third kappa shape index (κ3) is 4.35. The van der Waals surface area contributed by atoms with E-state index >= 15 is 0 Å². The van der Waals surface area contributed by atoms with E-state index in [1.54, 1.807) is 0 Å². The van der Waals surface area contributed by atoms with Crippen molar-refractivity contribution in [3.05, 3.63) is 65.2 Å². The first-order valence-electron chi connectivity index (χ1n) is 11.2. The third-order valence-corrected chi connectivity index (χ3v) is 6.05. The standard InChI is InChI=1S/C25H26N8/c1-16-12-17(2)33(30-16)23-13-22(27-15-28-23)29-25-18(3)24(21-8-6-20(14-26)7-9-21)32(31-25)11-10-19-4-5-19/h6-9,12-13,15,19H,4-5,10-11H2,1-3H3,(H,27,28,29,31). The molecule has 0 unspecified atom stereocenters. The molecule has 1 N–H and O–H groups in total. The van der Waals surface area contributed by atoms with Gasteiger partial charge in [0, 0.05) is 29.4 Å². The maximum absolute atomic E-state index is 9.16. The molecular formula is C25H26N8. The molecule has 166 valence electrons. The van der Waals surface area contributed by atoms with Gasteiger partial charge in [0.25, 0.3) is 0 Å². The lowest BCUT2D eigenvalue weighted by atomic mass is 10.1. The van der Waals surface area contributed by atoms with E-state index in [0.29, 0.717) is 17.2 Å². The second-order valence-corrected chi connectivity index (χ2v) is 8.69. The lowest BCUT2D eigenvalue weighted by molar-refractivity contribution is 0.552. The molecule has 8 heteroatoms. The van der Waals surface area contributed by atoms with Crippen molar-refractivity contribution in [2.75, 3.05) is 5.32 Å². The fraction of sp³-hybridized carbons (Fsp3) is 0.320. The quantitative estimate of drug-likeness (QED) is 0.442. The number of rotatable bonds is 7. The predicted octanol–water partition coefficient (Wildman–Crippen LogP) is 4.87. The molecule has 1 saturated carbocycles. The predicted molar refractivity (Wildman–Crippen MR) is 126 cm³/mol. The van der Waals surface area contributed by atoms with Crippen molar-refractivity contribution in [2.24, 2.45) is 5.92 Å². The summed E-state index contributed by atoms with van der Waals surface area (Å²) in [6.07, 6.45) is 5.29. The number of hydrogen-bond donors (Lipinski definition) is 1. The summed E-state index contributed by atoms with van der Waals surface area (Å²) in [5, 5.41) is 22.0. The molecule has 5 rings (SSSR count). The average Bonchev–Trinajstić information content (AvgIpc) is 3.52. The van der Waals surface area contributed by atoms with E-state index in [1.807, 2.05) is 54.9 Å². The second-order valence-electron chi connectivity index (χ2n) is 8.69. The van der Waals surface area contributed by atoms with E-state index in [4.69, 9.17) is 10.4 Å². The van der Waals surface area contributed by atoms with Crippen molar-refractivity contribution < 1.29 is 0 Å². The van der Waals surface area contributed by atoms with Crippen LogP contribution in [0.15, 0.2) is 42.7 Å². The fourth-order valence-corrected chi connectivity index (χ4v) is 4.12. The van der Waals surface area contributed by atoms with Crippen LogP contribution >= 0.6 is 0 Å². The number of aromatic nitrogens is 6. The highest BCUT2D eigenvalue weighted by molar-refractivity contribution is 5.72. The summed E-state index contributed by atoms with van der Waals surface area (Å²) >= 11 is 0. The summed E-state index contributed by atoms with van der Waals surface area (Å²) in [5.41, 5.74) is 5.77. The van der Waals surface area contributed by atoms with Crippen LogP contribution in [0.3, 0.4) is 0 Å². The molecule has 1 fully saturated rings. The molecule has 0 saturated heterocycles. The van der Waals surface area contributed by atoms with Crippen LogP contribution in [-0.4, -0.2) is 29.5 Å². The summed E-state index contributed by atoms with van der Waals surface area (Å²) in [4.78, 5) is 8.80.